The van der Waals surface area contributed by atoms with Gasteiger partial charge in [0.1, 0.15) is 0 Å². The van der Waals surface area contributed by atoms with Gasteiger partial charge in [-0.15, -0.1) is 6.42 Å². The van der Waals surface area contributed by atoms with Crippen LogP contribution < -0.4 is 0 Å². The molecule has 0 aromatic heterocycles. The summed E-state index contributed by atoms with van der Waals surface area (Å²) in [5.41, 5.74) is 4.23. The molecule has 0 heterocycles. The lowest BCUT2D eigenvalue weighted by atomic mass is 10.0. The van der Waals surface area contributed by atoms with Gasteiger partial charge in [0, 0.05) is 5.56 Å². The molecular formula is C16H16. The molecule has 16 heavy (non-hydrogen) atoms. The zero-order valence-corrected chi connectivity index (χ0v) is 9.83. The fraction of sp³-hybridized carbons (Fsp3) is 0.125. The van der Waals surface area contributed by atoms with Gasteiger partial charge < -0.3 is 0 Å². The lowest BCUT2D eigenvalue weighted by molar-refractivity contribution is 1.53. The van der Waals surface area contributed by atoms with E-state index in [0.717, 1.165) is 22.3 Å². The molecule has 0 aliphatic carbocycles. The van der Waals surface area contributed by atoms with E-state index in [4.69, 9.17) is 6.42 Å². The normalized spacial score (nSPS) is 11.4. The van der Waals surface area contributed by atoms with Crippen molar-refractivity contribution in [2.75, 3.05) is 0 Å². The van der Waals surface area contributed by atoms with Crippen LogP contribution >= 0.6 is 0 Å². The number of rotatable bonds is 3. The summed E-state index contributed by atoms with van der Waals surface area (Å²) in [4.78, 5) is 0. The van der Waals surface area contributed by atoms with Crippen molar-refractivity contribution in [2.45, 2.75) is 13.8 Å². The van der Waals surface area contributed by atoms with E-state index >= 15 is 0 Å². The third-order valence-corrected chi connectivity index (χ3v) is 2.22. The summed E-state index contributed by atoms with van der Waals surface area (Å²) in [6, 6.07) is 7.97. The molecule has 0 fully saturated rings. The van der Waals surface area contributed by atoms with Crippen LogP contribution in [0.15, 0.2) is 54.6 Å². The van der Waals surface area contributed by atoms with Crippen molar-refractivity contribution >= 4 is 5.57 Å². The van der Waals surface area contributed by atoms with E-state index < -0.39 is 0 Å². The first kappa shape index (κ1) is 12.1. The third-order valence-electron chi connectivity index (χ3n) is 2.22. The average Bonchev–Trinajstić information content (AvgIpc) is 2.30. The summed E-state index contributed by atoms with van der Waals surface area (Å²) < 4.78 is 0. The van der Waals surface area contributed by atoms with Crippen molar-refractivity contribution in [2.24, 2.45) is 0 Å². The van der Waals surface area contributed by atoms with Crippen molar-refractivity contribution in [1.82, 2.24) is 0 Å². The fourth-order valence-corrected chi connectivity index (χ4v) is 1.38. The van der Waals surface area contributed by atoms with Gasteiger partial charge in [0.25, 0.3) is 0 Å². The van der Waals surface area contributed by atoms with Gasteiger partial charge in [-0.2, -0.15) is 0 Å². The Bertz CT molecular complexity index is 479. The number of hydrogen-bond donors (Lipinski definition) is 0. The molecule has 1 rings (SSSR count). The minimum Gasteiger partial charge on any atom is -0.115 e. The van der Waals surface area contributed by atoms with E-state index in [1.807, 2.05) is 38.1 Å². The Labute approximate surface area is 98.0 Å². The number of benzene rings is 1. The van der Waals surface area contributed by atoms with Gasteiger partial charge in [-0.1, -0.05) is 48.4 Å². The molecule has 0 N–H and O–H groups in total. The molecule has 0 aliphatic heterocycles. The molecule has 0 spiro atoms. The lowest BCUT2D eigenvalue weighted by Gasteiger charge is -2.02. The summed E-state index contributed by atoms with van der Waals surface area (Å²) in [6.07, 6.45) is 11.5. The first-order valence-electron chi connectivity index (χ1n) is 5.24. The molecule has 0 radical (unpaired) electrons. The Morgan fingerprint density at radius 2 is 2.12 bits per heavy atom. The van der Waals surface area contributed by atoms with Crippen LogP contribution in [0, 0.1) is 12.3 Å². The second-order valence-corrected chi connectivity index (χ2v) is 3.65. The molecule has 1 aromatic carbocycles. The summed E-state index contributed by atoms with van der Waals surface area (Å²) in [6.45, 7) is 7.83. The van der Waals surface area contributed by atoms with E-state index in [-0.39, 0.29) is 0 Å². The molecule has 0 unspecified atom stereocenters. The van der Waals surface area contributed by atoms with Crippen LogP contribution in [0.4, 0.5) is 0 Å². The molecule has 0 saturated heterocycles. The summed E-state index contributed by atoms with van der Waals surface area (Å²) in [5.74, 6) is 2.64. The molecule has 0 nitrogen and oxygen atoms in total. The Balaban J connectivity index is 3.06. The van der Waals surface area contributed by atoms with Gasteiger partial charge in [-0.3, -0.25) is 0 Å². The van der Waals surface area contributed by atoms with Crippen LogP contribution in [0.5, 0.6) is 0 Å². The highest BCUT2D eigenvalue weighted by molar-refractivity contribution is 5.75. The third kappa shape index (κ3) is 3.29. The fourth-order valence-electron chi connectivity index (χ4n) is 1.38. The van der Waals surface area contributed by atoms with Crippen LogP contribution in [-0.2, 0) is 0 Å². The van der Waals surface area contributed by atoms with E-state index in [0.29, 0.717) is 0 Å². The summed E-state index contributed by atoms with van der Waals surface area (Å²) in [5, 5.41) is 0. The molecule has 0 aliphatic rings. The Hall–Kier alpha value is -2.00. The van der Waals surface area contributed by atoms with Gasteiger partial charge in [-0.25, -0.2) is 0 Å². The van der Waals surface area contributed by atoms with Crippen molar-refractivity contribution in [3.63, 3.8) is 0 Å². The van der Waals surface area contributed by atoms with Crippen molar-refractivity contribution in [3.8, 4) is 12.3 Å². The Morgan fingerprint density at radius 3 is 2.69 bits per heavy atom. The second-order valence-electron chi connectivity index (χ2n) is 3.65. The molecule has 1 aromatic rings. The maximum Gasteiger partial charge on any atom is 0.0248 e. The molecule has 0 bridgehead atoms. The highest BCUT2D eigenvalue weighted by Crippen LogP contribution is 2.17. The highest BCUT2D eigenvalue weighted by Gasteiger charge is 1.97. The minimum atomic E-state index is 0.903. The first-order valence-corrected chi connectivity index (χ1v) is 5.24. The van der Waals surface area contributed by atoms with Crippen LogP contribution in [0.25, 0.3) is 5.57 Å². The topological polar surface area (TPSA) is 0 Å². The van der Waals surface area contributed by atoms with Crippen LogP contribution in [0.1, 0.15) is 25.0 Å². The Morgan fingerprint density at radius 1 is 1.38 bits per heavy atom. The second kappa shape index (κ2) is 5.78. The molecule has 0 saturated carbocycles. The largest absolute Gasteiger partial charge is 0.115 e. The highest BCUT2D eigenvalue weighted by atomic mass is 14.0. The molecule has 0 atom stereocenters. The van der Waals surface area contributed by atoms with E-state index in [1.54, 1.807) is 0 Å². The van der Waals surface area contributed by atoms with E-state index in [9.17, 15) is 0 Å². The van der Waals surface area contributed by atoms with Gasteiger partial charge in [0.2, 0.25) is 0 Å². The van der Waals surface area contributed by atoms with Gasteiger partial charge in [0.05, 0.1) is 0 Å². The monoisotopic (exact) mass is 208 g/mol. The predicted octanol–water partition coefficient (Wildman–Crippen LogP) is 4.20. The van der Waals surface area contributed by atoms with Gasteiger partial charge >= 0.3 is 0 Å². The predicted molar refractivity (Wildman–Crippen MR) is 72.0 cm³/mol. The Kier molecular flexibility index (Phi) is 4.36. The molecule has 80 valence electrons. The number of allylic oxidation sites excluding steroid dienone is 5. The van der Waals surface area contributed by atoms with Crippen LogP contribution in [-0.4, -0.2) is 0 Å². The molecule has 0 amide bonds. The standard InChI is InChI=1S/C16H16/c1-5-14-8-7-9-16(12-14)15(6-2)11-10-13(3)4/h1,6-12H,3H2,2,4H3/b11-10-,15-6+. The summed E-state index contributed by atoms with van der Waals surface area (Å²) >= 11 is 0. The van der Waals surface area contributed by atoms with E-state index in [1.165, 1.54) is 0 Å². The zero-order valence-electron chi connectivity index (χ0n) is 9.83. The van der Waals surface area contributed by atoms with Crippen molar-refractivity contribution in [1.29, 1.82) is 0 Å². The van der Waals surface area contributed by atoms with Crippen LogP contribution in [0.2, 0.25) is 0 Å². The maximum atomic E-state index is 5.38. The quantitative estimate of drug-likeness (QED) is 0.516. The smallest absolute Gasteiger partial charge is 0.0248 e. The summed E-state index contributed by atoms with van der Waals surface area (Å²) in [7, 11) is 0. The van der Waals surface area contributed by atoms with Crippen LogP contribution in [0.3, 0.4) is 0 Å². The van der Waals surface area contributed by atoms with E-state index in [2.05, 4.69) is 30.7 Å². The van der Waals surface area contributed by atoms with Crippen molar-refractivity contribution in [3.05, 3.63) is 65.8 Å². The minimum absolute atomic E-state index is 0.903. The lowest BCUT2D eigenvalue weighted by Crippen LogP contribution is -1.82. The number of hydrogen-bond acceptors (Lipinski definition) is 0. The SMILES string of the molecule is C#Cc1cccc(C(/C=C\C(=C)C)=C/C)c1. The molecular weight excluding hydrogens is 192 g/mol. The zero-order chi connectivity index (χ0) is 12.0. The van der Waals surface area contributed by atoms with Gasteiger partial charge in [-0.05, 0) is 37.1 Å². The number of terminal acetylenes is 1. The van der Waals surface area contributed by atoms with Crippen molar-refractivity contribution < 1.29 is 0 Å². The van der Waals surface area contributed by atoms with Gasteiger partial charge in [0.15, 0.2) is 0 Å². The average molecular weight is 208 g/mol. The maximum absolute atomic E-state index is 5.38. The first-order chi connectivity index (χ1) is 7.67. The molecule has 0 heteroatoms.